The number of rotatable bonds is 5. The van der Waals surface area contributed by atoms with Gasteiger partial charge in [0.15, 0.2) is 5.96 Å². The van der Waals surface area contributed by atoms with E-state index in [0.717, 1.165) is 13.0 Å². The number of nitrogens with two attached hydrogens (primary N) is 1. The van der Waals surface area contributed by atoms with Crippen molar-refractivity contribution in [1.29, 1.82) is 0 Å². The fraction of sp³-hybridized carbons (Fsp3) is 0.611. The van der Waals surface area contributed by atoms with Crippen LogP contribution in [0, 0.1) is 0 Å². The minimum absolute atomic E-state index is 0.519. The summed E-state index contributed by atoms with van der Waals surface area (Å²) in [7, 11) is 4.11. The van der Waals surface area contributed by atoms with Gasteiger partial charge in [-0.05, 0) is 37.0 Å². The Kier molecular flexibility index (Phi) is 6.56. The van der Waals surface area contributed by atoms with Crippen LogP contribution in [-0.4, -0.2) is 32.6 Å². The molecule has 4 heteroatoms. The molecule has 0 atom stereocenters. The second kappa shape index (κ2) is 8.66. The molecule has 4 nitrogen and oxygen atoms in total. The smallest absolute Gasteiger partial charge is 0.188 e. The SMILES string of the molecule is CN(C)c1ccc(CCN=C(N)NC2CCCCCC2)cc1. The molecule has 122 valence electrons. The summed E-state index contributed by atoms with van der Waals surface area (Å²) in [6, 6.07) is 9.14. The van der Waals surface area contributed by atoms with E-state index >= 15 is 0 Å². The minimum Gasteiger partial charge on any atom is -0.378 e. The summed E-state index contributed by atoms with van der Waals surface area (Å²) < 4.78 is 0. The van der Waals surface area contributed by atoms with Gasteiger partial charge >= 0.3 is 0 Å². The first-order valence-electron chi connectivity index (χ1n) is 8.48. The van der Waals surface area contributed by atoms with Crippen LogP contribution in [0.4, 0.5) is 5.69 Å². The maximum Gasteiger partial charge on any atom is 0.188 e. The van der Waals surface area contributed by atoms with Crippen LogP contribution >= 0.6 is 0 Å². The highest BCUT2D eigenvalue weighted by atomic mass is 15.1. The Hall–Kier alpha value is -1.71. The monoisotopic (exact) mass is 302 g/mol. The molecule has 0 aromatic heterocycles. The molecule has 1 aliphatic carbocycles. The molecule has 3 N–H and O–H groups in total. The summed E-state index contributed by atoms with van der Waals surface area (Å²) in [5.74, 6) is 0.608. The van der Waals surface area contributed by atoms with Crippen molar-refractivity contribution < 1.29 is 0 Å². The molecule has 2 rings (SSSR count). The number of guanidine groups is 1. The third kappa shape index (κ3) is 5.58. The highest BCUT2D eigenvalue weighted by Crippen LogP contribution is 2.17. The number of nitrogens with one attached hydrogen (secondary N) is 1. The fourth-order valence-corrected chi connectivity index (χ4v) is 2.94. The average Bonchev–Trinajstić information content (AvgIpc) is 2.76. The van der Waals surface area contributed by atoms with Gasteiger partial charge in [0.2, 0.25) is 0 Å². The number of benzene rings is 1. The molecule has 0 unspecified atom stereocenters. The van der Waals surface area contributed by atoms with Crippen LogP contribution in [0.2, 0.25) is 0 Å². The fourth-order valence-electron chi connectivity index (χ4n) is 2.94. The predicted molar refractivity (Wildman–Crippen MR) is 95.6 cm³/mol. The summed E-state index contributed by atoms with van der Waals surface area (Å²) in [4.78, 5) is 6.58. The normalized spacial score (nSPS) is 17.1. The Balaban J connectivity index is 1.75. The summed E-state index contributed by atoms with van der Waals surface area (Å²) in [6.07, 6.45) is 8.72. The Labute approximate surface area is 134 Å². The highest BCUT2D eigenvalue weighted by Gasteiger charge is 2.12. The maximum absolute atomic E-state index is 6.02. The second-order valence-electron chi connectivity index (χ2n) is 6.41. The van der Waals surface area contributed by atoms with Crippen LogP contribution in [0.15, 0.2) is 29.3 Å². The summed E-state index contributed by atoms with van der Waals surface area (Å²) in [5.41, 5.74) is 8.54. The first-order valence-corrected chi connectivity index (χ1v) is 8.48. The molecule has 0 heterocycles. The molecule has 0 amide bonds. The van der Waals surface area contributed by atoms with Gasteiger partial charge in [0, 0.05) is 32.4 Å². The van der Waals surface area contributed by atoms with Crippen LogP contribution in [0.1, 0.15) is 44.1 Å². The Bertz CT molecular complexity index is 456. The van der Waals surface area contributed by atoms with Gasteiger partial charge in [0.1, 0.15) is 0 Å². The van der Waals surface area contributed by atoms with Crippen LogP contribution in [-0.2, 0) is 6.42 Å². The lowest BCUT2D eigenvalue weighted by Crippen LogP contribution is -2.40. The molecule has 0 aliphatic heterocycles. The van der Waals surface area contributed by atoms with Crippen LogP contribution < -0.4 is 16.0 Å². The average molecular weight is 302 g/mol. The third-order valence-electron chi connectivity index (χ3n) is 4.34. The maximum atomic E-state index is 6.02. The molecule has 1 aromatic carbocycles. The predicted octanol–water partition coefficient (Wildman–Crippen LogP) is 2.92. The molecule has 0 bridgehead atoms. The molecular formula is C18H30N4. The highest BCUT2D eigenvalue weighted by molar-refractivity contribution is 5.78. The van der Waals surface area contributed by atoms with Crippen molar-refractivity contribution in [3.63, 3.8) is 0 Å². The van der Waals surface area contributed by atoms with E-state index in [9.17, 15) is 0 Å². The van der Waals surface area contributed by atoms with Gasteiger partial charge in [-0.25, -0.2) is 0 Å². The number of nitrogens with zero attached hydrogens (tertiary/aromatic N) is 2. The van der Waals surface area contributed by atoms with E-state index < -0.39 is 0 Å². The second-order valence-corrected chi connectivity index (χ2v) is 6.41. The number of aliphatic imine (C=N–C) groups is 1. The van der Waals surface area contributed by atoms with E-state index in [-0.39, 0.29) is 0 Å². The van der Waals surface area contributed by atoms with Crippen molar-refractivity contribution in [1.82, 2.24) is 5.32 Å². The van der Waals surface area contributed by atoms with E-state index in [1.54, 1.807) is 0 Å². The lowest BCUT2D eigenvalue weighted by atomic mass is 10.1. The Morgan fingerprint density at radius 2 is 1.77 bits per heavy atom. The quantitative estimate of drug-likeness (QED) is 0.499. The lowest BCUT2D eigenvalue weighted by molar-refractivity contribution is 0.530. The zero-order chi connectivity index (χ0) is 15.8. The van der Waals surface area contributed by atoms with Gasteiger partial charge < -0.3 is 16.0 Å². The topological polar surface area (TPSA) is 53.6 Å². The van der Waals surface area contributed by atoms with E-state index in [0.29, 0.717) is 12.0 Å². The molecule has 0 radical (unpaired) electrons. The summed E-state index contributed by atoms with van der Waals surface area (Å²) in [6.45, 7) is 0.743. The summed E-state index contributed by atoms with van der Waals surface area (Å²) in [5, 5.41) is 3.39. The van der Waals surface area contributed by atoms with Crippen LogP contribution in [0.5, 0.6) is 0 Å². The Morgan fingerprint density at radius 3 is 2.36 bits per heavy atom. The number of anilines is 1. The van der Waals surface area contributed by atoms with Crippen molar-refractivity contribution in [2.24, 2.45) is 10.7 Å². The van der Waals surface area contributed by atoms with Gasteiger partial charge in [-0.3, -0.25) is 4.99 Å². The third-order valence-corrected chi connectivity index (χ3v) is 4.34. The van der Waals surface area contributed by atoms with Gasteiger partial charge in [-0.15, -0.1) is 0 Å². The number of hydrogen-bond donors (Lipinski definition) is 2. The molecule has 1 aromatic rings. The standard InChI is InChI=1S/C18H30N4/c1-22(2)17-11-9-15(10-12-17)13-14-20-18(19)21-16-7-5-3-4-6-8-16/h9-12,16H,3-8,13-14H2,1-2H3,(H3,19,20,21). The van der Waals surface area contributed by atoms with E-state index in [2.05, 4.69) is 53.6 Å². The van der Waals surface area contributed by atoms with Crippen LogP contribution in [0.25, 0.3) is 0 Å². The van der Waals surface area contributed by atoms with Gasteiger partial charge in [-0.2, -0.15) is 0 Å². The van der Waals surface area contributed by atoms with Crippen molar-refractivity contribution >= 4 is 11.6 Å². The molecule has 0 spiro atoms. The first-order chi connectivity index (χ1) is 10.6. The zero-order valence-electron chi connectivity index (χ0n) is 14.0. The molecule has 1 saturated carbocycles. The lowest BCUT2D eigenvalue weighted by Gasteiger charge is -2.16. The van der Waals surface area contributed by atoms with E-state index in [1.165, 1.54) is 49.8 Å². The van der Waals surface area contributed by atoms with Gasteiger partial charge in [0.25, 0.3) is 0 Å². The largest absolute Gasteiger partial charge is 0.378 e. The first kappa shape index (κ1) is 16.7. The molecular weight excluding hydrogens is 272 g/mol. The summed E-state index contributed by atoms with van der Waals surface area (Å²) >= 11 is 0. The molecule has 1 fully saturated rings. The van der Waals surface area contributed by atoms with Crippen LogP contribution in [0.3, 0.4) is 0 Å². The van der Waals surface area contributed by atoms with Crippen molar-refractivity contribution in [2.45, 2.75) is 51.0 Å². The van der Waals surface area contributed by atoms with Gasteiger partial charge in [0.05, 0.1) is 0 Å². The number of hydrogen-bond acceptors (Lipinski definition) is 2. The Morgan fingerprint density at radius 1 is 1.14 bits per heavy atom. The van der Waals surface area contributed by atoms with Gasteiger partial charge in [-0.1, -0.05) is 37.8 Å². The van der Waals surface area contributed by atoms with Crippen molar-refractivity contribution in [3.8, 4) is 0 Å². The minimum atomic E-state index is 0.519. The van der Waals surface area contributed by atoms with E-state index in [4.69, 9.17) is 5.73 Å². The van der Waals surface area contributed by atoms with Crippen molar-refractivity contribution in [3.05, 3.63) is 29.8 Å². The molecule has 1 aliphatic rings. The molecule has 22 heavy (non-hydrogen) atoms. The zero-order valence-corrected chi connectivity index (χ0v) is 14.0. The molecule has 0 saturated heterocycles. The van der Waals surface area contributed by atoms with Crippen molar-refractivity contribution in [2.75, 3.05) is 25.5 Å². The van der Waals surface area contributed by atoms with E-state index in [1.807, 2.05) is 0 Å².